The maximum absolute atomic E-state index is 11.5. The average molecular weight is 993 g/mol. The van der Waals surface area contributed by atoms with Crippen LogP contribution in [0.1, 0.15) is 143 Å². The number of methoxy groups -OCH3 is 3. The molecule has 4 rings (SSSR count). The fourth-order valence-corrected chi connectivity index (χ4v) is 6.47. The van der Waals surface area contributed by atoms with Crippen molar-refractivity contribution < 1.29 is 43.2 Å². The van der Waals surface area contributed by atoms with E-state index in [-0.39, 0.29) is 19.8 Å². The number of carbonyl (C=O) groups is 4. The summed E-state index contributed by atoms with van der Waals surface area (Å²) in [6.45, 7) is 33.5. The summed E-state index contributed by atoms with van der Waals surface area (Å²) >= 11 is 0. The lowest BCUT2D eigenvalue weighted by molar-refractivity contribution is -0.140. The number of carbonyl (C=O) groups excluding carboxylic acids is 3. The molecule has 0 aliphatic rings. The highest BCUT2D eigenvalue weighted by Gasteiger charge is 2.12. The van der Waals surface area contributed by atoms with Gasteiger partial charge in [-0.05, 0) is 85.3 Å². The SMILES string of the molecule is C.C=C.C=C.C=C.CC(=O)O.CCCCN(CCCC)c1ccc(/C=C/c2cc(OC)c(/C=C/c3ccc(N(CCCC)CCCC)cc3)cc2OC)cc1.COC(=O)c1ccc(C(=O)COC(C)=O)cc1. The van der Waals surface area contributed by atoms with E-state index in [0.717, 1.165) is 66.9 Å². The Morgan fingerprint density at radius 1 is 0.528 bits per heavy atom. The third kappa shape index (κ3) is 28.5. The summed E-state index contributed by atoms with van der Waals surface area (Å²) in [6.07, 6.45) is 18.3. The largest absolute Gasteiger partial charge is 0.496 e. The van der Waals surface area contributed by atoms with Crippen molar-refractivity contribution in [2.45, 2.75) is 100 Å². The topological polar surface area (TPSA) is 132 Å². The van der Waals surface area contributed by atoms with Gasteiger partial charge in [0.05, 0.1) is 26.9 Å². The predicted octanol–water partition coefficient (Wildman–Crippen LogP) is 15.2. The Bertz CT molecular complexity index is 2000. The molecule has 1 N–H and O–H groups in total. The molecule has 0 bridgehead atoms. The number of anilines is 2. The van der Waals surface area contributed by atoms with Crippen molar-refractivity contribution in [3.63, 3.8) is 0 Å². The van der Waals surface area contributed by atoms with Crippen LogP contribution in [0, 0.1) is 0 Å². The molecule has 72 heavy (non-hydrogen) atoms. The van der Waals surface area contributed by atoms with Crippen LogP contribution in [-0.4, -0.2) is 82.9 Å². The summed E-state index contributed by atoms with van der Waals surface area (Å²) in [4.78, 5) is 47.2. The Kier molecular flexibility index (Phi) is 42.1. The van der Waals surface area contributed by atoms with Crippen molar-refractivity contribution >= 4 is 59.4 Å². The Hall–Kier alpha value is -7.14. The number of carboxylic acid groups (broad SMARTS) is 1. The second kappa shape index (κ2) is 43.8. The lowest BCUT2D eigenvalue weighted by Crippen LogP contribution is -2.25. The van der Waals surface area contributed by atoms with Gasteiger partial charge in [0.1, 0.15) is 11.5 Å². The lowest BCUT2D eigenvalue weighted by atomic mass is 10.0. The van der Waals surface area contributed by atoms with Gasteiger partial charge >= 0.3 is 11.9 Å². The molecule has 11 heteroatoms. The third-order valence-electron chi connectivity index (χ3n) is 10.2. The minimum Gasteiger partial charge on any atom is -0.496 e. The Morgan fingerprint density at radius 3 is 1.12 bits per heavy atom. The summed E-state index contributed by atoms with van der Waals surface area (Å²) in [5.41, 5.74) is 7.64. The molecule has 0 aliphatic carbocycles. The molecule has 0 saturated carbocycles. The second-order valence-corrected chi connectivity index (χ2v) is 15.4. The van der Waals surface area contributed by atoms with Crippen molar-refractivity contribution in [3.05, 3.63) is 158 Å². The van der Waals surface area contributed by atoms with Gasteiger partial charge in [0, 0.05) is 68.1 Å². The normalized spacial score (nSPS) is 9.74. The van der Waals surface area contributed by atoms with Crippen molar-refractivity contribution in [2.75, 3.05) is 63.9 Å². The Balaban J connectivity index is -0.00000141. The van der Waals surface area contributed by atoms with Gasteiger partial charge in [0.15, 0.2) is 12.4 Å². The Morgan fingerprint density at radius 2 is 0.847 bits per heavy atom. The summed E-state index contributed by atoms with van der Waals surface area (Å²) < 4.78 is 20.7. The molecule has 0 amide bonds. The molecule has 0 atom stereocenters. The zero-order valence-electron chi connectivity index (χ0n) is 44.4. The van der Waals surface area contributed by atoms with Gasteiger partial charge in [-0.2, -0.15) is 0 Å². The molecule has 0 saturated heterocycles. The highest BCUT2D eigenvalue weighted by Crippen LogP contribution is 2.32. The fraction of sp³-hybridized carbons (Fsp3) is 0.377. The van der Waals surface area contributed by atoms with Crippen LogP contribution >= 0.6 is 0 Å². The van der Waals surface area contributed by atoms with E-state index in [4.69, 9.17) is 19.4 Å². The third-order valence-corrected chi connectivity index (χ3v) is 10.2. The van der Waals surface area contributed by atoms with E-state index in [1.807, 2.05) is 0 Å². The number of nitrogens with zero attached hydrogens (tertiary/aromatic N) is 2. The molecular formula is C61H88N2O9. The van der Waals surface area contributed by atoms with Crippen molar-refractivity contribution in [3.8, 4) is 11.5 Å². The maximum atomic E-state index is 11.5. The maximum Gasteiger partial charge on any atom is 0.337 e. The lowest BCUT2D eigenvalue weighted by Gasteiger charge is -2.24. The van der Waals surface area contributed by atoms with Crippen LogP contribution in [0.4, 0.5) is 11.4 Å². The second-order valence-electron chi connectivity index (χ2n) is 15.4. The van der Waals surface area contributed by atoms with Crippen molar-refractivity contribution in [1.82, 2.24) is 0 Å². The van der Waals surface area contributed by atoms with E-state index in [0.29, 0.717) is 11.1 Å². The number of Topliss-reactive ketones (excluding diaryl/α,β-unsaturated/α-hetero) is 1. The predicted molar refractivity (Wildman–Crippen MR) is 307 cm³/mol. The van der Waals surface area contributed by atoms with E-state index in [9.17, 15) is 14.4 Å². The van der Waals surface area contributed by atoms with Crippen LogP contribution < -0.4 is 19.3 Å². The number of hydrogen-bond acceptors (Lipinski definition) is 10. The number of ether oxygens (including phenoxy) is 4. The summed E-state index contributed by atoms with van der Waals surface area (Å²) in [5, 5.41) is 7.42. The minimum atomic E-state index is -0.833. The molecule has 0 heterocycles. The van der Waals surface area contributed by atoms with Crippen LogP contribution in [0.15, 0.2) is 124 Å². The monoisotopic (exact) mass is 993 g/mol. The van der Waals surface area contributed by atoms with Crippen LogP contribution in [0.2, 0.25) is 0 Å². The number of aliphatic carboxylic acids is 1. The first-order valence-corrected chi connectivity index (χ1v) is 24.2. The van der Waals surface area contributed by atoms with Crippen molar-refractivity contribution in [1.29, 1.82) is 0 Å². The van der Waals surface area contributed by atoms with Gasteiger partial charge in [-0.3, -0.25) is 14.4 Å². The highest BCUT2D eigenvalue weighted by molar-refractivity contribution is 5.99. The number of carboxylic acids is 1. The number of ketones is 1. The first kappa shape index (κ1) is 69.1. The molecule has 4 aromatic rings. The van der Waals surface area contributed by atoms with Crippen LogP contribution in [0.5, 0.6) is 11.5 Å². The molecule has 0 unspecified atom stereocenters. The molecule has 0 aliphatic heterocycles. The fourth-order valence-electron chi connectivity index (χ4n) is 6.47. The first-order chi connectivity index (χ1) is 34.3. The van der Waals surface area contributed by atoms with E-state index >= 15 is 0 Å². The number of benzene rings is 4. The standard InChI is InChI=1S/C40H56N2O2.C12H12O5.C2H4O2.3C2H4.CH4/c1-7-11-27-41(28-12-8-2)37-23-17-33(18-24-37)15-21-35-31-40(44-6)36(32-39(35)43-5)22-16-34-19-25-38(26-20-34)42(29-13-9-3)30-14-10-4;1-8(13)17-7-11(14)9-3-5-10(6-4-9)12(15)16-2;1-2(3)4;3*1-2;/h15-26,31-32H,7-14,27-30H2,1-6H3;3-6H,7H2,1-2H3;1H3,(H,3,4);3*1-2H2;1H4/b21-15+,22-16+;;;;;;. The van der Waals surface area contributed by atoms with Gasteiger partial charge in [-0.25, -0.2) is 4.79 Å². The Labute approximate surface area is 434 Å². The van der Waals surface area contributed by atoms with E-state index < -0.39 is 17.9 Å². The number of hydrogen-bond donors (Lipinski definition) is 1. The molecule has 11 nitrogen and oxygen atoms in total. The average Bonchev–Trinajstić information content (AvgIpc) is 3.40. The van der Waals surface area contributed by atoms with Gasteiger partial charge in [-0.1, -0.05) is 122 Å². The molecular weight excluding hydrogens is 905 g/mol. The van der Waals surface area contributed by atoms with Gasteiger partial charge < -0.3 is 33.9 Å². The number of esters is 2. The zero-order valence-corrected chi connectivity index (χ0v) is 44.4. The van der Waals surface area contributed by atoms with Gasteiger partial charge in [0.2, 0.25) is 0 Å². The molecule has 0 aromatic heterocycles. The summed E-state index contributed by atoms with van der Waals surface area (Å²) in [7, 11) is 4.73. The molecule has 4 aromatic carbocycles. The zero-order chi connectivity index (χ0) is 54.0. The first-order valence-electron chi connectivity index (χ1n) is 24.2. The van der Waals surface area contributed by atoms with Crippen LogP contribution in [0.3, 0.4) is 0 Å². The van der Waals surface area contributed by atoms with Crippen molar-refractivity contribution in [2.24, 2.45) is 0 Å². The smallest absolute Gasteiger partial charge is 0.337 e. The van der Waals surface area contributed by atoms with E-state index in [1.165, 1.54) is 101 Å². The van der Waals surface area contributed by atoms with Gasteiger partial charge in [0.25, 0.3) is 5.97 Å². The van der Waals surface area contributed by atoms with Crippen LogP contribution in [0.25, 0.3) is 24.3 Å². The van der Waals surface area contributed by atoms with E-state index in [1.54, 1.807) is 14.2 Å². The van der Waals surface area contributed by atoms with Crippen LogP contribution in [-0.2, 0) is 19.1 Å². The van der Waals surface area contributed by atoms with E-state index in [2.05, 4.69) is 171 Å². The van der Waals surface area contributed by atoms with Gasteiger partial charge in [-0.15, -0.1) is 39.5 Å². The number of unbranched alkanes of at least 4 members (excludes halogenated alkanes) is 4. The quantitative estimate of drug-likeness (QED) is 0.0311. The molecule has 0 radical (unpaired) electrons. The highest BCUT2D eigenvalue weighted by atomic mass is 16.5. The minimum absolute atomic E-state index is 0. The molecule has 0 fully saturated rings. The summed E-state index contributed by atoms with van der Waals surface area (Å²) in [5.74, 6) is -0.493. The summed E-state index contributed by atoms with van der Waals surface area (Å²) in [6, 6.07) is 27.8. The number of rotatable bonds is 24. The molecule has 0 spiro atoms. The molecule has 396 valence electrons.